The molecule has 3 aromatic carbocycles. The second-order valence-electron chi connectivity index (χ2n) is 9.90. The maximum absolute atomic E-state index is 12.7. The van der Waals surface area contributed by atoms with E-state index in [0.29, 0.717) is 5.02 Å². The molecule has 2 aliphatic rings. The maximum Gasteiger partial charge on any atom is 0.321 e. The van der Waals surface area contributed by atoms with Crippen molar-refractivity contribution in [1.29, 1.82) is 5.41 Å². The number of rotatable bonds is 8. The van der Waals surface area contributed by atoms with Crippen LogP contribution in [0.5, 0.6) is 11.5 Å². The molecule has 0 aliphatic carbocycles. The van der Waals surface area contributed by atoms with Crippen LogP contribution in [0.4, 0.5) is 16.2 Å². The van der Waals surface area contributed by atoms with Crippen molar-refractivity contribution >= 4 is 41.4 Å². The third-order valence-corrected chi connectivity index (χ3v) is 7.34. The molecule has 2 aliphatic heterocycles. The smallest absolute Gasteiger partial charge is 0.321 e. The standard InChI is InChI=1S/C29H31ClN6O2/c30-23-4-10-26(11-5-23)38-27-3-1-2-22(18-27)19-35-16-12-29(13-17-35)20-36(21-29)28(37)33-24-6-8-25(9-7-24)34-32-15-14-31/h1-11,14-15,18,31,34H,12-13,16-17,19-21H2,(H,33,37)/b31-14?,32-15-. The largest absolute Gasteiger partial charge is 0.457 e. The van der Waals surface area contributed by atoms with Gasteiger partial charge in [0, 0.05) is 42.0 Å². The van der Waals surface area contributed by atoms with E-state index in [2.05, 4.69) is 32.9 Å². The predicted molar refractivity (Wildman–Crippen MR) is 153 cm³/mol. The third-order valence-electron chi connectivity index (χ3n) is 7.09. The van der Waals surface area contributed by atoms with E-state index in [0.717, 1.165) is 74.7 Å². The molecular weight excluding hydrogens is 500 g/mol. The highest BCUT2D eigenvalue weighted by Gasteiger charge is 2.46. The van der Waals surface area contributed by atoms with E-state index in [1.54, 1.807) is 0 Å². The number of piperidine rings is 1. The fourth-order valence-corrected chi connectivity index (χ4v) is 5.12. The summed E-state index contributed by atoms with van der Waals surface area (Å²) in [4.78, 5) is 17.1. The van der Waals surface area contributed by atoms with Crippen molar-refractivity contribution in [2.75, 3.05) is 36.9 Å². The van der Waals surface area contributed by atoms with E-state index >= 15 is 0 Å². The zero-order chi connectivity index (χ0) is 26.4. The van der Waals surface area contributed by atoms with Gasteiger partial charge in [0.15, 0.2) is 0 Å². The molecule has 0 atom stereocenters. The van der Waals surface area contributed by atoms with Crippen LogP contribution in [0.2, 0.25) is 5.02 Å². The number of nitrogens with one attached hydrogen (secondary N) is 3. The predicted octanol–water partition coefficient (Wildman–Crippen LogP) is 6.31. The zero-order valence-corrected chi connectivity index (χ0v) is 21.8. The second-order valence-corrected chi connectivity index (χ2v) is 10.3. The molecule has 0 bridgehead atoms. The first kappa shape index (κ1) is 25.8. The number of anilines is 2. The molecule has 3 aromatic rings. The molecule has 196 valence electrons. The molecule has 9 heteroatoms. The maximum atomic E-state index is 12.7. The van der Waals surface area contributed by atoms with Gasteiger partial charge < -0.3 is 20.4 Å². The number of ether oxygens (including phenoxy) is 1. The lowest BCUT2D eigenvalue weighted by Crippen LogP contribution is -2.62. The van der Waals surface area contributed by atoms with Gasteiger partial charge in [-0.25, -0.2) is 4.79 Å². The van der Waals surface area contributed by atoms with Crippen LogP contribution in [0.1, 0.15) is 18.4 Å². The highest BCUT2D eigenvalue weighted by Crippen LogP contribution is 2.41. The SMILES string of the molecule is N=C/C=N\Nc1ccc(NC(=O)N2CC3(CCN(Cc4cccc(Oc5ccc(Cl)cc5)c4)CC3)C2)cc1. The summed E-state index contributed by atoms with van der Waals surface area (Å²) in [6.07, 6.45) is 4.64. The number of halogens is 1. The highest BCUT2D eigenvalue weighted by molar-refractivity contribution is 6.30. The van der Waals surface area contributed by atoms with Gasteiger partial charge in [-0.05, 0) is 92.2 Å². The van der Waals surface area contributed by atoms with E-state index < -0.39 is 0 Å². The number of urea groups is 1. The van der Waals surface area contributed by atoms with Crippen molar-refractivity contribution in [3.8, 4) is 11.5 Å². The molecule has 2 saturated heterocycles. The van der Waals surface area contributed by atoms with Gasteiger partial charge in [0.05, 0.1) is 11.9 Å². The van der Waals surface area contributed by atoms with Crippen LogP contribution < -0.4 is 15.5 Å². The van der Waals surface area contributed by atoms with Gasteiger partial charge in [-0.15, -0.1) is 0 Å². The van der Waals surface area contributed by atoms with Crippen molar-refractivity contribution in [1.82, 2.24) is 9.80 Å². The first-order valence-corrected chi connectivity index (χ1v) is 13.1. The molecule has 2 fully saturated rings. The number of hydrogen-bond donors (Lipinski definition) is 3. The third kappa shape index (κ3) is 6.51. The number of carbonyl (C=O) groups is 1. The van der Waals surface area contributed by atoms with Crippen LogP contribution in [-0.4, -0.2) is 54.4 Å². The van der Waals surface area contributed by atoms with Crippen molar-refractivity contribution in [3.05, 3.63) is 83.4 Å². The fourth-order valence-electron chi connectivity index (χ4n) is 4.99. The summed E-state index contributed by atoms with van der Waals surface area (Å²) in [5, 5.41) is 14.5. The Morgan fingerprint density at radius 3 is 2.42 bits per heavy atom. The molecule has 3 N–H and O–H groups in total. The molecule has 8 nitrogen and oxygen atoms in total. The molecule has 2 heterocycles. The van der Waals surface area contributed by atoms with Crippen LogP contribution in [0.3, 0.4) is 0 Å². The van der Waals surface area contributed by atoms with E-state index in [-0.39, 0.29) is 11.4 Å². The van der Waals surface area contributed by atoms with Crippen molar-refractivity contribution in [3.63, 3.8) is 0 Å². The van der Waals surface area contributed by atoms with Crippen LogP contribution in [0.15, 0.2) is 77.9 Å². The second kappa shape index (κ2) is 11.7. The lowest BCUT2D eigenvalue weighted by Gasteiger charge is -2.53. The minimum absolute atomic E-state index is 0.0573. The molecule has 38 heavy (non-hydrogen) atoms. The van der Waals surface area contributed by atoms with Crippen molar-refractivity contribution in [2.24, 2.45) is 10.5 Å². The summed E-state index contributed by atoms with van der Waals surface area (Å²) >= 11 is 5.97. The fraction of sp³-hybridized carbons (Fsp3) is 0.276. The lowest BCUT2D eigenvalue weighted by molar-refractivity contribution is -0.0200. The van der Waals surface area contributed by atoms with E-state index in [9.17, 15) is 4.79 Å². The quantitative estimate of drug-likeness (QED) is 0.235. The van der Waals surface area contributed by atoms with Crippen LogP contribution in [0, 0.1) is 10.8 Å². The number of hydrogen-bond acceptors (Lipinski definition) is 6. The van der Waals surface area contributed by atoms with Crippen LogP contribution >= 0.6 is 11.6 Å². The summed E-state index contributed by atoms with van der Waals surface area (Å²) < 4.78 is 5.99. The molecule has 2 amide bonds. The lowest BCUT2D eigenvalue weighted by atomic mass is 9.72. The van der Waals surface area contributed by atoms with Crippen LogP contribution in [0.25, 0.3) is 0 Å². The van der Waals surface area contributed by atoms with Gasteiger partial charge >= 0.3 is 6.03 Å². The molecule has 1 spiro atoms. The number of carbonyl (C=O) groups excluding carboxylic acids is 1. The number of hydrazone groups is 1. The summed E-state index contributed by atoms with van der Waals surface area (Å²) in [6, 6.07) is 22.9. The Hall–Kier alpha value is -3.88. The molecule has 5 rings (SSSR count). The molecule has 0 unspecified atom stereocenters. The van der Waals surface area contributed by atoms with Gasteiger partial charge in [0.25, 0.3) is 0 Å². The van der Waals surface area contributed by atoms with Gasteiger partial charge in [0.1, 0.15) is 11.5 Å². The Morgan fingerprint density at radius 2 is 1.71 bits per heavy atom. The first-order chi connectivity index (χ1) is 18.5. The van der Waals surface area contributed by atoms with Crippen molar-refractivity contribution in [2.45, 2.75) is 19.4 Å². The average Bonchev–Trinajstić information content (AvgIpc) is 2.91. The monoisotopic (exact) mass is 530 g/mol. The van der Waals surface area contributed by atoms with E-state index in [1.165, 1.54) is 11.8 Å². The molecule has 0 radical (unpaired) electrons. The summed E-state index contributed by atoms with van der Waals surface area (Å²) in [5.74, 6) is 1.59. The minimum Gasteiger partial charge on any atom is -0.457 e. The Kier molecular flexibility index (Phi) is 7.91. The Balaban J connectivity index is 1.06. The number of likely N-dealkylation sites (tertiary alicyclic amines) is 2. The van der Waals surface area contributed by atoms with E-state index in [4.69, 9.17) is 21.7 Å². The molecular formula is C29H31ClN6O2. The van der Waals surface area contributed by atoms with Gasteiger partial charge in [-0.3, -0.25) is 10.3 Å². The van der Waals surface area contributed by atoms with Gasteiger partial charge in [-0.2, -0.15) is 5.10 Å². The average molecular weight is 531 g/mol. The Labute approximate surface area is 227 Å². The Bertz CT molecular complexity index is 1280. The van der Waals surface area contributed by atoms with E-state index in [1.807, 2.05) is 65.6 Å². The van der Waals surface area contributed by atoms with Gasteiger partial charge in [0.2, 0.25) is 0 Å². The Morgan fingerprint density at radius 1 is 1.00 bits per heavy atom. The van der Waals surface area contributed by atoms with Crippen LogP contribution in [-0.2, 0) is 6.54 Å². The number of nitrogens with zero attached hydrogens (tertiary/aromatic N) is 3. The first-order valence-electron chi connectivity index (χ1n) is 12.7. The minimum atomic E-state index is -0.0573. The van der Waals surface area contributed by atoms with Gasteiger partial charge in [-0.1, -0.05) is 23.7 Å². The topological polar surface area (TPSA) is 93.0 Å². The normalized spacial score (nSPS) is 16.7. The number of amides is 2. The zero-order valence-electron chi connectivity index (χ0n) is 21.1. The highest BCUT2D eigenvalue weighted by atomic mass is 35.5. The summed E-state index contributed by atoms with van der Waals surface area (Å²) in [7, 11) is 0. The molecule has 0 aromatic heterocycles. The summed E-state index contributed by atoms with van der Waals surface area (Å²) in [6.45, 7) is 4.53. The number of benzene rings is 3. The summed E-state index contributed by atoms with van der Waals surface area (Å²) in [5.41, 5.74) is 5.81. The molecule has 0 saturated carbocycles. The van der Waals surface area contributed by atoms with Crippen molar-refractivity contribution < 1.29 is 9.53 Å².